The van der Waals surface area contributed by atoms with E-state index in [1.54, 1.807) is 5.57 Å². The molecule has 1 saturated carbocycles. The highest BCUT2D eigenvalue weighted by molar-refractivity contribution is 5.72. The summed E-state index contributed by atoms with van der Waals surface area (Å²) in [7, 11) is 0. The molecule has 0 bridgehead atoms. The lowest BCUT2D eigenvalue weighted by atomic mass is 9.60. The summed E-state index contributed by atoms with van der Waals surface area (Å²) in [4.78, 5) is 0. The van der Waals surface area contributed by atoms with Crippen LogP contribution in [0.1, 0.15) is 51.0 Å². The Balaban J connectivity index is 1.75. The van der Waals surface area contributed by atoms with Crippen molar-refractivity contribution in [1.82, 2.24) is 0 Å². The normalized spacial score (nSPS) is 29.6. The van der Waals surface area contributed by atoms with Gasteiger partial charge in [0.2, 0.25) is 0 Å². The zero-order valence-corrected chi connectivity index (χ0v) is 10.8. The van der Waals surface area contributed by atoms with Crippen LogP contribution < -0.4 is 0 Å². The molecule has 2 aliphatic rings. The second-order valence-electron chi connectivity index (χ2n) is 6.05. The van der Waals surface area contributed by atoms with Crippen molar-refractivity contribution in [2.75, 3.05) is 0 Å². The molecule has 0 heteroatoms. The van der Waals surface area contributed by atoms with Crippen LogP contribution in [0.15, 0.2) is 36.4 Å². The van der Waals surface area contributed by atoms with Crippen LogP contribution in [0.25, 0.3) is 5.57 Å². The quantitative estimate of drug-likeness (QED) is 0.661. The molecular weight excluding hydrogens is 204 g/mol. The van der Waals surface area contributed by atoms with E-state index in [-0.39, 0.29) is 0 Å². The van der Waals surface area contributed by atoms with Crippen molar-refractivity contribution < 1.29 is 0 Å². The smallest absolute Gasteiger partial charge is 0.00718 e. The van der Waals surface area contributed by atoms with Gasteiger partial charge in [0.1, 0.15) is 0 Å². The van der Waals surface area contributed by atoms with E-state index in [9.17, 15) is 0 Å². The first-order valence-corrected chi connectivity index (χ1v) is 7.05. The van der Waals surface area contributed by atoms with E-state index in [1.165, 1.54) is 44.1 Å². The molecule has 1 aromatic carbocycles. The third-order valence-electron chi connectivity index (χ3n) is 4.76. The summed E-state index contributed by atoms with van der Waals surface area (Å²) in [6, 6.07) is 10.9. The zero-order valence-electron chi connectivity index (χ0n) is 10.8. The minimum absolute atomic E-state index is 0.506. The predicted molar refractivity (Wildman–Crippen MR) is 73.7 cm³/mol. The minimum atomic E-state index is 0.506. The van der Waals surface area contributed by atoms with Crippen LogP contribution in [0, 0.1) is 11.3 Å². The van der Waals surface area contributed by atoms with Crippen molar-refractivity contribution in [3.63, 3.8) is 0 Å². The Morgan fingerprint density at radius 3 is 2.29 bits per heavy atom. The molecule has 90 valence electrons. The third kappa shape index (κ3) is 2.06. The Morgan fingerprint density at radius 2 is 1.65 bits per heavy atom. The summed E-state index contributed by atoms with van der Waals surface area (Å²) in [5.74, 6) is 0.948. The molecule has 0 nitrogen and oxygen atoms in total. The lowest BCUT2D eigenvalue weighted by molar-refractivity contribution is 0.180. The highest BCUT2D eigenvalue weighted by atomic mass is 14.4. The second-order valence-corrected chi connectivity index (χ2v) is 6.05. The minimum Gasteiger partial charge on any atom is -0.0741 e. The van der Waals surface area contributed by atoms with Gasteiger partial charge in [-0.2, -0.15) is 0 Å². The zero-order chi connectivity index (χ0) is 11.7. The van der Waals surface area contributed by atoms with Crippen molar-refractivity contribution >= 4 is 5.57 Å². The molecule has 0 aromatic heterocycles. The van der Waals surface area contributed by atoms with Crippen molar-refractivity contribution in [3.05, 3.63) is 42.0 Å². The van der Waals surface area contributed by atoms with Crippen LogP contribution in [0.2, 0.25) is 0 Å². The van der Waals surface area contributed by atoms with Gasteiger partial charge in [-0.25, -0.2) is 0 Å². The molecule has 1 fully saturated rings. The standard InChI is InChI=1S/C17H22/c1-17(16-10-6-3-7-11-16)12-15(13-17)14-8-4-2-5-9-14/h2,4-5,8-9,12,16H,3,6-7,10-11,13H2,1H3/t17-/m1/s1. The first-order chi connectivity index (χ1) is 8.28. The molecular formula is C17H22. The summed E-state index contributed by atoms with van der Waals surface area (Å²) in [6.07, 6.45) is 11.1. The average molecular weight is 226 g/mol. The van der Waals surface area contributed by atoms with Gasteiger partial charge in [-0.3, -0.25) is 0 Å². The van der Waals surface area contributed by atoms with Crippen LogP contribution in [0.4, 0.5) is 0 Å². The second kappa shape index (κ2) is 4.33. The van der Waals surface area contributed by atoms with Crippen LogP contribution >= 0.6 is 0 Å². The van der Waals surface area contributed by atoms with Gasteiger partial charge < -0.3 is 0 Å². The Hall–Kier alpha value is -1.04. The predicted octanol–water partition coefficient (Wildman–Crippen LogP) is 5.06. The lowest BCUT2D eigenvalue weighted by Gasteiger charge is -2.45. The van der Waals surface area contributed by atoms with Gasteiger partial charge in [0.25, 0.3) is 0 Å². The summed E-state index contributed by atoms with van der Waals surface area (Å²) >= 11 is 0. The molecule has 0 spiro atoms. The molecule has 0 heterocycles. The molecule has 0 amide bonds. The monoisotopic (exact) mass is 226 g/mol. The van der Waals surface area contributed by atoms with E-state index in [1.807, 2.05) is 0 Å². The Labute approximate surface area is 105 Å². The highest BCUT2D eigenvalue weighted by Crippen LogP contribution is 2.52. The maximum absolute atomic E-state index is 2.55. The Bertz CT molecular complexity index is 409. The van der Waals surface area contributed by atoms with E-state index >= 15 is 0 Å². The molecule has 0 radical (unpaired) electrons. The maximum atomic E-state index is 2.55. The molecule has 0 N–H and O–H groups in total. The average Bonchev–Trinajstić information content (AvgIpc) is 2.37. The molecule has 3 rings (SSSR count). The van der Waals surface area contributed by atoms with E-state index in [2.05, 4.69) is 43.3 Å². The molecule has 2 aliphatic carbocycles. The number of rotatable bonds is 2. The Kier molecular flexibility index (Phi) is 2.82. The van der Waals surface area contributed by atoms with Gasteiger partial charge in [-0.15, -0.1) is 0 Å². The molecule has 0 saturated heterocycles. The van der Waals surface area contributed by atoms with E-state index in [4.69, 9.17) is 0 Å². The first kappa shape index (κ1) is 11.1. The highest BCUT2D eigenvalue weighted by Gasteiger charge is 2.39. The van der Waals surface area contributed by atoms with Gasteiger partial charge in [0.15, 0.2) is 0 Å². The van der Waals surface area contributed by atoms with Crippen LogP contribution in [0.3, 0.4) is 0 Å². The number of hydrogen-bond acceptors (Lipinski definition) is 0. The van der Waals surface area contributed by atoms with Crippen molar-refractivity contribution in [2.45, 2.75) is 45.4 Å². The van der Waals surface area contributed by atoms with Gasteiger partial charge in [0.05, 0.1) is 0 Å². The van der Waals surface area contributed by atoms with Gasteiger partial charge in [0, 0.05) is 0 Å². The summed E-state index contributed by atoms with van der Waals surface area (Å²) in [5, 5.41) is 0. The third-order valence-corrected chi connectivity index (χ3v) is 4.76. The molecule has 0 unspecified atom stereocenters. The van der Waals surface area contributed by atoms with Gasteiger partial charge in [-0.05, 0) is 41.7 Å². The summed E-state index contributed by atoms with van der Waals surface area (Å²) in [5.41, 5.74) is 3.51. The largest absolute Gasteiger partial charge is 0.0741 e. The fraction of sp³-hybridized carbons (Fsp3) is 0.529. The molecule has 1 aromatic rings. The molecule has 1 atom stereocenters. The number of benzene rings is 1. The van der Waals surface area contributed by atoms with Crippen LogP contribution in [-0.2, 0) is 0 Å². The van der Waals surface area contributed by atoms with Gasteiger partial charge in [-0.1, -0.05) is 62.6 Å². The maximum Gasteiger partial charge on any atom is -0.00718 e. The summed E-state index contributed by atoms with van der Waals surface area (Å²) < 4.78 is 0. The Morgan fingerprint density at radius 1 is 1.00 bits per heavy atom. The SMILES string of the molecule is C[C@@]1(C2CCCCC2)C=C(c2ccccc2)C1. The van der Waals surface area contributed by atoms with Crippen molar-refractivity contribution in [3.8, 4) is 0 Å². The first-order valence-electron chi connectivity index (χ1n) is 7.05. The lowest BCUT2D eigenvalue weighted by Crippen LogP contribution is -2.33. The molecule has 0 aliphatic heterocycles. The van der Waals surface area contributed by atoms with Crippen LogP contribution in [0.5, 0.6) is 0 Å². The van der Waals surface area contributed by atoms with Gasteiger partial charge >= 0.3 is 0 Å². The van der Waals surface area contributed by atoms with E-state index in [0.717, 1.165) is 5.92 Å². The summed E-state index contributed by atoms with van der Waals surface area (Å²) in [6.45, 7) is 2.47. The van der Waals surface area contributed by atoms with Crippen LogP contribution in [-0.4, -0.2) is 0 Å². The number of allylic oxidation sites excluding steroid dienone is 2. The van der Waals surface area contributed by atoms with Crippen molar-refractivity contribution in [1.29, 1.82) is 0 Å². The van der Waals surface area contributed by atoms with E-state index < -0.39 is 0 Å². The fourth-order valence-electron chi connectivity index (χ4n) is 3.64. The van der Waals surface area contributed by atoms with E-state index in [0.29, 0.717) is 5.41 Å². The molecule has 17 heavy (non-hydrogen) atoms. The van der Waals surface area contributed by atoms with Crippen molar-refractivity contribution in [2.24, 2.45) is 11.3 Å². The topological polar surface area (TPSA) is 0 Å². The number of hydrogen-bond donors (Lipinski definition) is 0. The fourth-order valence-corrected chi connectivity index (χ4v) is 3.64.